The fourth-order valence-corrected chi connectivity index (χ4v) is 3.22. The van der Waals surface area contributed by atoms with E-state index in [9.17, 15) is 9.59 Å². The van der Waals surface area contributed by atoms with E-state index in [1.165, 1.54) is 5.56 Å². The Labute approximate surface area is 169 Å². The normalized spacial score (nSPS) is 11.7. The molecule has 0 heterocycles. The first kappa shape index (κ1) is 21.7. The van der Waals surface area contributed by atoms with Gasteiger partial charge in [0.25, 0.3) is 0 Å². The summed E-state index contributed by atoms with van der Waals surface area (Å²) in [6, 6.07) is 17.7. The molecule has 0 aliphatic heterocycles. The van der Waals surface area contributed by atoms with Gasteiger partial charge in [0, 0.05) is 19.5 Å². The van der Waals surface area contributed by atoms with Crippen molar-refractivity contribution in [2.24, 2.45) is 0 Å². The van der Waals surface area contributed by atoms with Gasteiger partial charge in [0.2, 0.25) is 11.8 Å². The third-order valence-corrected chi connectivity index (χ3v) is 4.88. The highest BCUT2D eigenvalue weighted by atomic mass is 16.2. The van der Waals surface area contributed by atoms with Crippen molar-refractivity contribution in [1.29, 1.82) is 0 Å². The Balaban J connectivity index is 2.14. The molecule has 0 aromatic heterocycles. The largest absolute Gasteiger partial charge is 0.354 e. The molecule has 28 heavy (non-hydrogen) atoms. The van der Waals surface area contributed by atoms with Gasteiger partial charge in [-0.05, 0) is 37.3 Å². The van der Waals surface area contributed by atoms with Crippen LogP contribution in [0.4, 0.5) is 0 Å². The average Bonchev–Trinajstić information content (AvgIpc) is 2.72. The van der Waals surface area contributed by atoms with Gasteiger partial charge < -0.3 is 10.2 Å². The Morgan fingerprint density at radius 1 is 0.964 bits per heavy atom. The minimum Gasteiger partial charge on any atom is -0.354 e. The lowest BCUT2D eigenvalue weighted by atomic mass is 10.1. The van der Waals surface area contributed by atoms with E-state index in [0.717, 1.165) is 17.5 Å². The minimum absolute atomic E-state index is 0.0166. The molecule has 2 aromatic rings. The molecule has 0 spiro atoms. The van der Waals surface area contributed by atoms with Gasteiger partial charge in [-0.3, -0.25) is 9.59 Å². The standard InChI is InChI=1S/C24H32N2O2/c1-4-17-25-24(28)22(5-2)26(18-21-9-7-6-8-10-21)23(27)16-15-20-13-11-19(3)12-14-20/h6-14,22H,4-5,15-18H2,1-3H3,(H,25,28)/t22-/m0/s1. The third-order valence-electron chi connectivity index (χ3n) is 4.88. The van der Waals surface area contributed by atoms with Crippen molar-refractivity contribution in [2.75, 3.05) is 6.54 Å². The zero-order valence-corrected chi connectivity index (χ0v) is 17.3. The maximum atomic E-state index is 13.1. The SMILES string of the molecule is CCCNC(=O)[C@H](CC)N(Cc1ccccc1)C(=O)CCc1ccc(C)cc1. The van der Waals surface area contributed by atoms with Crippen molar-refractivity contribution in [3.8, 4) is 0 Å². The molecule has 0 saturated carbocycles. The van der Waals surface area contributed by atoms with Crippen molar-refractivity contribution in [1.82, 2.24) is 10.2 Å². The van der Waals surface area contributed by atoms with E-state index in [0.29, 0.717) is 32.4 Å². The maximum absolute atomic E-state index is 13.1. The van der Waals surface area contributed by atoms with Crippen LogP contribution in [0.15, 0.2) is 54.6 Å². The van der Waals surface area contributed by atoms with Crippen LogP contribution in [-0.4, -0.2) is 29.3 Å². The summed E-state index contributed by atoms with van der Waals surface area (Å²) in [5.41, 5.74) is 3.38. The van der Waals surface area contributed by atoms with E-state index in [1.807, 2.05) is 44.2 Å². The molecule has 2 amide bonds. The zero-order valence-electron chi connectivity index (χ0n) is 17.3. The van der Waals surface area contributed by atoms with Crippen LogP contribution in [0, 0.1) is 6.92 Å². The summed E-state index contributed by atoms with van der Waals surface area (Å²) in [4.78, 5) is 27.5. The summed E-state index contributed by atoms with van der Waals surface area (Å²) in [6.45, 7) is 7.12. The Kier molecular flexibility index (Phi) is 8.73. The summed E-state index contributed by atoms with van der Waals surface area (Å²) in [5.74, 6) is -0.0492. The molecule has 150 valence electrons. The summed E-state index contributed by atoms with van der Waals surface area (Å²) in [6.07, 6.45) is 2.55. The predicted molar refractivity (Wildman–Crippen MR) is 114 cm³/mol. The molecule has 4 heteroatoms. The lowest BCUT2D eigenvalue weighted by Gasteiger charge is -2.30. The lowest BCUT2D eigenvalue weighted by Crippen LogP contribution is -2.49. The van der Waals surface area contributed by atoms with E-state index < -0.39 is 6.04 Å². The van der Waals surface area contributed by atoms with Gasteiger partial charge in [-0.1, -0.05) is 74.0 Å². The van der Waals surface area contributed by atoms with Crippen LogP contribution in [0.5, 0.6) is 0 Å². The third kappa shape index (κ3) is 6.52. The summed E-state index contributed by atoms with van der Waals surface area (Å²) in [5, 5.41) is 2.95. The van der Waals surface area contributed by atoms with E-state index in [4.69, 9.17) is 0 Å². The van der Waals surface area contributed by atoms with E-state index in [2.05, 4.69) is 36.5 Å². The van der Waals surface area contributed by atoms with Gasteiger partial charge >= 0.3 is 0 Å². The number of nitrogens with zero attached hydrogens (tertiary/aromatic N) is 1. The fraction of sp³-hybridized carbons (Fsp3) is 0.417. The van der Waals surface area contributed by atoms with Crippen LogP contribution < -0.4 is 5.32 Å². The van der Waals surface area contributed by atoms with Crippen molar-refractivity contribution in [2.45, 2.75) is 59.0 Å². The molecule has 0 fully saturated rings. The second-order valence-electron chi connectivity index (χ2n) is 7.21. The molecule has 2 aromatic carbocycles. The summed E-state index contributed by atoms with van der Waals surface area (Å²) < 4.78 is 0. The first-order valence-corrected chi connectivity index (χ1v) is 10.2. The number of carbonyl (C=O) groups is 2. The quantitative estimate of drug-likeness (QED) is 0.669. The number of rotatable bonds is 10. The number of amides is 2. The summed E-state index contributed by atoms with van der Waals surface area (Å²) in [7, 11) is 0. The van der Waals surface area contributed by atoms with Gasteiger partial charge in [-0.2, -0.15) is 0 Å². The number of hydrogen-bond donors (Lipinski definition) is 1. The van der Waals surface area contributed by atoms with Gasteiger partial charge in [-0.25, -0.2) is 0 Å². The molecule has 0 aliphatic carbocycles. The van der Waals surface area contributed by atoms with E-state index >= 15 is 0 Å². The number of nitrogens with one attached hydrogen (secondary N) is 1. The van der Waals surface area contributed by atoms with Crippen LogP contribution in [0.3, 0.4) is 0 Å². The number of benzene rings is 2. The highest BCUT2D eigenvalue weighted by molar-refractivity contribution is 5.87. The van der Waals surface area contributed by atoms with Crippen molar-refractivity contribution < 1.29 is 9.59 Å². The highest BCUT2D eigenvalue weighted by Gasteiger charge is 2.28. The molecule has 0 saturated heterocycles. The average molecular weight is 381 g/mol. The molecule has 2 rings (SSSR count). The second-order valence-corrected chi connectivity index (χ2v) is 7.21. The topological polar surface area (TPSA) is 49.4 Å². The molecule has 1 atom stereocenters. The van der Waals surface area contributed by atoms with Gasteiger partial charge in [0.05, 0.1) is 0 Å². The lowest BCUT2D eigenvalue weighted by molar-refractivity contribution is -0.141. The second kappa shape index (κ2) is 11.3. The smallest absolute Gasteiger partial charge is 0.242 e. The monoisotopic (exact) mass is 380 g/mol. The van der Waals surface area contributed by atoms with Crippen LogP contribution in [-0.2, 0) is 22.6 Å². The van der Waals surface area contributed by atoms with Crippen LogP contribution in [0.25, 0.3) is 0 Å². The van der Waals surface area contributed by atoms with Crippen molar-refractivity contribution in [3.63, 3.8) is 0 Å². The van der Waals surface area contributed by atoms with Gasteiger partial charge in [0.1, 0.15) is 6.04 Å². The van der Waals surface area contributed by atoms with Crippen molar-refractivity contribution >= 4 is 11.8 Å². The predicted octanol–water partition coefficient (Wildman–Crippen LogP) is 4.26. The molecule has 0 unspecified atom stereocenters. The molecular weight excluding hydrogens is 348 g/mol. The number of hydrogen-bond acceptors (Lipinski definition) is 2. The van der Waals surface area contributed by atoms with Crippen LogP contribution >= 0.6 is 0 Å². The van der Waals surface area contributed by atoms with E-state index in [-0.39, 0.29) is 11.8 Å². The maximum Gasteiger partial charge on any atom is 0.242 e. The molecule has 4 nitrogen and oxygen atoms in total. The number of aryl methyl sites for hydroxylation is 2. The molecule has 1 N–H and O–H groups in total. The molecule has 0 bridgehead atoms. The first-order chi connectivity index (χ1) is 13.5. The minimum atomic E-state index is -0.447. The number of carbonyl (C=O) groups excluding carboxylic acids is 2. The highest BCUT2D eigenvalue weighted by Crippen LogP contribution is 2.15. The first-order valence-electron chi connectivity index (χ1n) is 10.2. The molecular formula is C24H32N2O2. The molecule has 0 aliphatic rings. The van der Waals surface area contributed by atoms with E-state index in [1.54, 1.807) is 4.90 Å². The fourth-order valence-electron chi connectivity index (χ4n) is 3.22. The van der Waals surface area contributed by atoms with Gasteiger partial charge in [-0.15, -0.1) is 0 Å². The molecule has 0 radical (unpaired) electrons. The Bertz CT molecular complexity index is 741. The Hall–Kier alpha value is -2.62. The van der Waals surface area contributed by atoms with Crippen LogP contribution in [0.2, 0.25) is 0 Å². The summed E-state index contributed by atoms with van der Waals surface area (Å²) >= 11 is 0. The zero-order chi connectivity index (χ0) is 20.4. The Morgan fingerprint density at radius 3 is 2.25 bits per heavy atom. The van der Waals surface area contributed by atoms with Crippen molar-refractivity contribution in [3.05, 3.63) is 71.3 Å². The van der Waals surface area contributed by atoms with Gasteiger partial charge in [0.15, 0.2) is 0 Å². The van der Waals surface area contributed by atoms with Crippen LogP contribution in [0.1, 0.15) is 49.8 Å². The Morgan fingerprint density at radius 2 is 1.64 bits per heavy atom.